The van der Waals surface area contributed by atoms with Crippen molar-refractivity contribution in [3.63, 3.8) is 0 Å². The third-order valence-electron chi connectivity index (χ3n) is 4.01. The van der Waals surface area contributed by atoms with Gasteiger partial charge in [-0.25, -0.2) is 4.39 Å². The second-order valence-corrected chi connectivity index (χ2v) is 7.96. The summed E-state index contributed by atoms with van der Waals surface area (Å²) >= 11 is 1.59. The van der Waals surface area contributed by atoms with Crippen molar-refractivity contribution < 1.29 is 9.18 Å². The van der Waals surface area contributed by atoms with Gasteiger partial charge >= 0.3 is 0 Å². The third-order valence-corrected chi connectivity index (χ3v) is 4.95. The molecule has 1 aromatic carbocycles. The Bertz CT molecular complexity index is 653. The van der Waals surface area contributed by atoms with Gasteiger partial charge in [0, 0.05) is 17.5 Å². The maximum absolute atomic E-state index is 13.2. The fourth-order valence-corrected chi connectivity index (χ4v) is 3.55. The van der Waals surface area contributed by atoms with Crippen molar-refractivity contribution >= 4 is 17.2 Å². The Labute approximate surface area is 153 Å². The summed E-state index contributed by atoms with van der Waals surface area (Å²) in [5.74, 6) is 0.209. The molecule has 0 saturated heterocycles. The molecule has 0 aliphatic rings. The van der Waals surface area contributed by atoms with Gasteiger partial charge < -0.3 is 5.32 Å². The van der Waals surface area contributed by atoms with E-state index in [1.54, 1.807) is 23.5 Å². The van der Waals surface area contributed by atoms with Gasteiger partial charge in [0.2, 0.25) is 5.91 Å². The molecular formula is C20H27FN2OS. The zero-order chi connectivity index (χ0) is 18.4. The number of benzene rings is 1. The highest BCUT2D eigenvalue weighted by Gasteiger charge is 2.21. The predicted molar refractivity (Wildman–Crippen MR) is 102 cm³/mol. The van der Waals surface area contributed by atoms with E-state index in [0.29, 0.717) is 18.5 Å². The Balaban J connectivity index is 2.13. The van der Waals surface area contributed by atoms with Crippen molar-refractivity contribution in [2.24, 2.45) is 5.92 Å². The molecular weight excluding hydrogens is 335 g/mol. The smallest absolute Gasteiger partial charge is 0.234 e. The molecule has 0 spiro atoms. The monoisotopic (exact) mass is 362 g/mol. The summed E-state index contributed by atoms with van der Waals surface area (Å²) in [7, 11) is 0. The van der Waals surface area contributed by atoms with Crippen molar-refractivity contribution in [1.82, 2.24) is 10.2 Å². The SMILES string of the molecule is CC(C)CN(CC(=O)NC(c1ccc(F)cc1)c1cccs1)C(C)C. The number of amides is 1. The molecule has 3 nitrogen and oxygen atoms in total. The number of carbonyl (C=O) groups excluding carboxylic acids is 1. The Morgan fingerprint density at radius 2 is 1.84 bits per heavy atom. The lowest BCUT2D eigenvalue weighted by atomic mass is 10.1. The summed E-state index contributed by atoms with van der Waals surface area (Å²) in [5, 5.41) is 5.10. The van der Waals surface area contributed by atoms with Crippen molar-refractivity contribution in [2.75, 3.05) is 13.1 Å². The van der Waals surface area contributed by atoms with Crippen LogP contribution in [0.15, 0.2) is 41.8 Å². The number of hydrogen-bond donors (Lipinski definition) is 1. The van der Waals surface area contributed by atoms with Gasteiger partial charge in [0.15, 0.2) is 0 Å². The minimum Gasteiger partial charge on any atom is -0.343 e. The molecule has 0 radical (unpaired) electrons. The summed E-state index contributed by atoms with van der Waals surface area (Å²) in [4.78, 5) is 15.9. The molecule has 136 valence electrons. The van der Waals surface area contributed by atoms with E-state index >= 15 is 0 Å². The largest absolute Gasteiger partial charge is 0.343 e. The van der Waals surface area contributed by atoms with E-state index < -0.39 is 0 Å². The Morgan fingerprint density at radius 1 is 1.16 bits per heavy atom. The first-order valence-corrected chi connectivity index (χ1v) is 9.57. The maximum Gasteiger partial charge on any atom is 0.234 e. The van der Waals surface area contributed by atoms with Gasteiger partial charge in [-0.15, -0.1) is 11.3 Å². The molecule has 25 heavy (non-hydrogen) atoms. The van der Waals surface area contributed by atoms with Crippen LogP contribution in [0.2, 0.25) is 0 Å². The average molecular weight is 363 g/mol. The molecule has 1 amide bonds. The number of halogens is 1. The lowest BCUT2D eigenvalue weighted by molar-refractivity contribution is -0.123. The summed E-state index contributed by atoms with van der Waals surface area (Å²) in [6, 6.07) is 10.3. The van der Waals surface area contributed by atoms with Crippen molar-refractivity contribution in [3.05, 3.63) is 58.0 Å². The van der Waals surface area contributed by atoms with Crippen LogP contribution in [0, 0.1) is 11.7 Å². The van der Waals surface area contributed by atoms with E-state index in [-0.39, 0.29) is 17.8 Å². The van der Waals surface area contributed by atoms with Crippen molar-refractivity contribution in [1.29, 1.82) is 0 Å². The molecule has 1 unspecified atom stereocenters. The number of rotatable bonds is 8. The maximum atomic E-state index is 13.2. The van der Waals surface area contributed by atoms with Gasteiger partial charge in [-0.3, -0.25) is 9.69 Å². The third kappa shape index (κ3) is 5.94. The number of hydrogen-bond acceptors (Lipinski definition) is 3. The van der Waals surface area contributed by atoms with E-state index in [4.69, 9.17) is 0 Å². The Kier molecular flexibility index (Phi) is 7.14. The van der Waals surface area contributed by atoms with Gasteiger partial charge in [-0.2, -0.15) is 0 Å². The fourth-order valence-electron chi connectivity index (χ4n) is 2.75. The molecule has 0 saturated carbocycles. The standard InChI is InChI=1S/C20H27FN2OS/c1-14(2)12-23(15(3)4)13-19(24)22-20(18-6-5-11-25-18)16-7-9-17(21)10-8-16/h5-11,14-15,20H,12-13H2,1-4H3,(H,22,24). The fraction of sp³-hybridized carbons (Fsp3) is 0.450. The van der Waals surface area contributed by atoms with E-state index in [9.17, 15) is 9.18 Å². The molecule has 1 atom stereocenters. The van der Waals surface area contributed by atoms with E-state index in [0.717, 1.165) is 17.0 Å². The van der Waals surface area contributed by atoms with Crippen LogP contribution in [0.5, 0.6) is 0 Å². The van der Waals surface area contributed by atoms with Crippen LogP contribution in [0.4, 0.5) is 4.39 Å². The summed E-state index contributed by atoms with van der Waals surface area (Å²) in [6.45, 7) is 9.75. The molecule has 1 heterocycles. The zero-order valence-corrected chi connectivity index (χ0v) is 16.1. The predicted octanol–water partition coefficient (Wildman–Crippen LogP) is 4.46. The molecule has 2 rings (SSSR count). The first-order chi connectivity index (χ1) is 11.9. The topological polar surface area (TPSA) is 32.3 Å². The van der Waals surface area contributed by atoms with Crippen LogP contribution >= 0.6 is 11.3 Å². The molecule has 5 heteroatoms. The first kappa shape index (κ1) is 19.6. The van der Waals surface area contributed by atoms with Crippen LogP contribution in [-0.2, 0) is 4.79 Å². The minimum atomic E-state index is -0.275. The Hall–Kier alpha value is -1.72. The van der Waals surface area contributed by atoms with Crippen molar-refractivity contribution in [2.45, 2.75) is 39.8 Å². The van der Waals surface area contributed by atoms with Gasteiger partial charge in [-0.05, 0) is 48.9 Å². The number of carbonyl (C=O) groups is 1. The number of nitrogens with zero attached hydrogens (tertiary/aromatic N) is 1. The zero-order valence-electron chi connectivity index (χ0n) is 15.3. The van der Waals surface area contributed by atoms with Gasteiger partial charge in [0.25, 0.3) is 0 Å². The van der Waals surface area contributed by atoms with Crippen LogP contribution < -0.4 is 5.32 Å². The highest BCUT2D eigenvalue weighted by Crippen LogP contribution is 2.26. The summed E-state index contributed by atoms with van der Waals surface area (Å²) in [5.41, 5.74) is 0.886. The van der Waals surface area contributed by atoms with Crippen LogP contribution in [0.1, 0.15) is 44.2 Å². The highest BCUT2D eigenvalue weighted by molar-refractivity contribution is 7.10. The van der Waals surface area contributed by atoms with E-state index in [1.165, 1.54) is 12.1 Å². The van der Waals surface area contributed by atoms with Crippen LogP contribution in [0.3, 0.4) is 0 Å². The summed E-state index contributed by atoms with van der Waals surface area (Å²) in [6.07, 6.45) is 0. The van der Waals surface area contributed by atoms with Gasteiger partial charge in [0.05, 0.1) is 12.6 Å². The van der Waals surface area contributed by atoms with Crippen molar-refractivity contribution in [3.8, 4) is 0 Å². The summed E-state index contributed by atoms with van der Waals surface area (Å²) < 4.78 is 13.2. The second kappa shape index (κ2) is 9.11. The molecule has 0 fully saturated rings. The molecule has 0 aliphatic carbocycles. The number of nitrogens with one attached hydrogen (secondary N) is 1. The molecule has 1 aromatic heterocycles. The molecule has 2 aromatic rings. The van der Waals surface area contributed by atoms with E-state index in [1.807, 2.05) is 17.5 Å². The van der Waals surface area contributed by atoms with Gasteiger partial charge in [-0.1, -0.05) is 32.0 Å². The normalized spacial score (nSPS) is 12.8. The average Bonchev–Trinajstić information content (AvgIpc) is 3.06. The minimum absolute atomic E-state index is 0.0166. The lowest BCUT2D eigenvalue weighted by Gasteiger charge is -2.28. The molecule has 1 N–H and O–H groups in total. The van der Waals surface area contributed by atoms with Gasteiger partial charge in [0.1, 0.15) is 5.82 Å². The molecule has 0 aliphatic heterocycles. The first-order valence-electron chi connectivity index (χ1n) is 8.69. The second-order valence-electron chi connectivity index (χ2n) is 6.98. The Morgan fingerprint density at radius 3 is 2.36 bits per heavy atom. The number of thiophene rings is 1. The van der Waals surface area contributed by atoms with Crippen LogP contribution in [0.25, 0.3) is 0 Å². The molecule has 0 bridgehead atoms. The lowest BCUT2D eigenvalue weighted by Crippen LogP contribution is -2.43. The highest BCUT2D eigenvalue weighted by atomic mass is 32.1. The quantitative estimate of drug-likeness (QED) is 0.752. The van der Waals surface area contributed by atoms with E-state index in [2.05, 4.69) is 37.9 Å². The van der Waals surface area contributed by atoms with Crippen LogP contribution in [-0.4, -0.2) is 29.9 Å².